The monoisotopic (exact) mass is 714 g/mol. The smallest absolute Gasteiger partial charge is 0.160 e. The maximum absolute atomic E-state index is 5.15. The summed E-state index contributed by atoms with van der Waals surface area (Å²) in [6.45, 7) is 0. The molecule has 11 rings (SSSR count). The van der Waals surface area contributed by atoms with Crippen LogP contribution in [0.1, 0.15) is 0 Å². The number of hydrogen-bond acceptors (Lipinski definition) is 2. The molecular formula is C52H34N4. The number of benzene rings is 8. The molecule has 0 amide bonds. The van der Waals surface area contributed by atoms with Gasteiger partial charge in [0.2, 0.25) is 0 Å². The zero-order valence-electron chi connectivity index (χ0n) is 30.4. The van der Waals surface area contributed by atoms with E-state index in [-0.39, 0.29) is 0 Å². The van der Waals surface area contributed by atoms with Crippen molar-refractivity contribution in [2.75, 3.05) is 0 Å². The molecule has 4 nitrogen and oxygen atoms in total. The van der Waals surface area contributed by atoms with Gasteiger partial charge in [0.15, 0.2) is 5.82 Å². The van der Waals surface area contributed by atoms with E-state index in [1.54, 1.807) is 0 Å². The zero-order chi connectivity index (χ0) is 37.0. The summed E-state index contributed by atoms with van der Waals surface area (Å²) in [7, 11) is 0. The Morgan fingerprint density at radius 2 is 0.750 bits per heavy atom. The lowest BCUT2D eigenvalue weighted by Gasteiger charge is -2.12. The quantitative estimate of drug-likeness (QED) is 0.172. The number of para-hydroxylation sites is 2. The number of rotatable bonds is 6. The zero-order valence-corrected chi connectivity index (χ0v) is 30.4. The third kappa shape index (κ3) is 5.23. The van der Waals surface area contributed by atoms with Crippen molar-refractivity contribution in [1.82, 2.24) is 19.1 Å². The van der Waals surface area contributed by atoms with E-state index >= 15 is 0 Å². The summed E-state index contributed by atoms with van der Waals surface area (Å²) in [5.74, 6) is 0.706. The standard InChI is InChI=1S/C52H34N4/c1-4-15-35(16-5-1)36-27-29-40(30-28-36)55-46-25-12-10-23-42(46)50-48(55)31-32-49-51(50)43-24-11-13-26-47(43)56(49)41-22-14-21-39(33-41)45-34-44(37-17-6-2-7-18-37)53-52(54-45)38-19-8-3-9-20-38/h1-34H. The van der Waals surface area contributed by atoms with Gasteiger partial charge >= 0.3 is 0 Å². The van der Waals surface area contributed by atoms with E-state index in [0.29, 0.717) is 5.82 Å². The first-order valence-corrected chi connectivity index (χ1v) is 19.0. The predicted molar refractivity (Wildman–Crippen MR) is 232 cm³/mol. The molecule has 8 aromatic carbocycles. The molecule has 0 aliphatic heterocycles. The van der Waals surface area contributed by atoms with Crippen molar-refractivity contribution >= 4 is 43.6 Å². The van der Waals surface area contributed by atoms with Gasteiger partial charge in [0.25, 0.3) is 0 Å². The van der Waals surface area contributed by atoms with Crippen molar-refractivity contribution in [3.63, 3.8) is 0 Å². The molecular weight excluding hydrogens is 681 g/mol. The average Bonchev–Trinajstić information content (AvgIpc) is 3.80. The van der Waals surface area contributed by atoms with Gasteiger partial charge in [-0.25, -0.2) is 9.97 Å². The lowest BCUT2D eigenvalue weighted by molar-refractivity contribution is 1.16. The van der Waals surface area contributed by atoms with Crippen LogP contribution in [-0.2, 0) is 0 Å². The Hall–Kier alpha value is -7.56. The minimum atomic E-state index is 0.706. The predicted octanol–water partition coefficient (Wildman–Crippen LogP) is 13.3. The highest BCUT2D eigenvalue weighted by Crippen LogP contribution is 2.43. The highest BCUT2D eigenvalue weighted by Gasteiger charge is 2.21. The fraction of sp³-hybridized carbons (Fsp3) is 0. The Morgan fingerprint density at radius 1 is 0.286 bits per heavy atom. The second-order valence-electron chi connectivity index (χ2n) is 14.2. The molecule has 0 saturated heterocycles. The van der Waals surface area contributed by atoms with Crippen LogP contribution in [0.25, 0.3) is 100 Å². The molecule has 0 fully saturated rings. The van der Waals surface area contributed by atoms with Gasteiger partial charge in [0, 0.05) is 49.6 Å². The molecule has 0 spiro atoms. The highest BCUT2D eigenvalue weighted by molar-refractivity contribution is 6.28. The van der Waals surface area contributed by atoms with Gasteiger partial charge < -0.3 is 9.13 Å². The van der Waals surface area contributed by atoms with Crippen LogP contribution in [-0.4, -0.2) is 19.1 Å². The van der Waals surface area contributed by atoms with E-state index in [1.807, 2.05) is 24.3 Å². The van der Waals surface area contributed by atoms with Crippen LogP contribution < -0.4 is 0 Å². The maximum Gasteiger partial charge on any atom is 0.160 e. The molecule has 3 heterocycles. The number of hydrogen-bond donors (Lipinski definition) is 0. The lowest BCUT2D eigenvalue weighted by atomic mass is 10.1. The van der Waals surface area contributed by atoms with Crippen LogP contribution in [0.3, 0.4) is 0 Å². The first kappa shape index (κ1) is 31.9. The second kappa shape index (κ2) is 13.1. The van der Waals surface area contributed by atoms with Gasteiger partial charge in [-0.2, -0.15) is 0 Å². The van der Waals surface area contributed by atoms with Crippen molar-refractivity contribution in [2.24, 2.45) is 0 Å². The molecule has 3 aromatic heterocycles. The summed E-state index contributed by atoms with van der Waals surface area (Å²) >= 11 is 0. The van der Waals surface area contributed by atoms with Crippen LogP contribution in [0, 0.1) is 0 Å². The average molecular weight is 715 g/mol. The molecule has 0 radical (unpaired) electrons. The summed E-state index contributed by atoms with van der Waals surface area (Å²) in [6, 6.07) is 73.1. The van der Waals surface area contributed by atoms with E-state index in [1.165, 1.54) is 43.7 Å². The van der Waals surface area contributed by atoms with E-state index in [9.17, 15) is 0 Å². The van der Waals surface area contributed by atoms with Gasteiger partial charge in [0.05, 0.1) is 33.5 Å². The molecule has 0 aliphatic rings. The first-order valence-electron chi connectivity index (χ1n) is 19.0. The highest BCUT2D eigenvalue weighted by atomic mass is 15.0. The fourth-order valence-electron chi connectivity index (χ4n) is 8.38. The van der Waals surface area contributed by atoms with Crippen LogP contribution in [0.2, 0.25) is 0 Å². The number of fused-ring (bicyclic) bond motifs is 7. The lowest BCUT2D eigenvalue weighted by Crippen LogP contribution is -1.98. The van der Waals surface area contributed by atoms with Gasteiger partial charge in [-0.05, 0) is 65.7 Å². The first-order chi connectivity index (χ1) is 27.8. The fourth-order valence-corrected chi connectivity index (χ4v) is 8.38. The normalized spacial score (nSPS) is 11.6. The molecule has 0 saturated carbocycles. The second-order valence-corrected chi connectivity index (χ2v) is 14.2. The van der Waals surface area contributed by atoms with Gasteiger partial charge in [-0.1, -0.05) is 152 Å². The third-order valence-electron chi connectivity index (χ3n) is 10.9. The SMILES string of the molecule is c1ccc(-c2ccc(-n3c4ccccc4c4c5c6ccccc6n(-c6cccc(-c7cc(-c8ccccc8)nc(-c8ccccc8)n7)c6)c5ccc43)cc2)cc1. The molecule has 11 aromatic rings. The van der Waals surface area contributed by atoms with Crippen molar-refractivity contribution < 1.29 is 0 Å². The Labute approximate surface area is 324 Å². The largest absolute Gasteiger partial charge is 0.309 e. The van der Waals surface area contributed by atoms with Crippen molar-refractivity contribution in [3.8, 4) is 56.4 Å². The minimum Gasteiger partial charge on any atom is -0.309 e. The van der Waals surface area contributed by atoms with Gasteiger partial charge in [-0.15, -0.1) is 0 Å². The molecule has 0 aliphatic carbocycles. The van der Waals surface area contributed by atoms with Crippen LogP contribution in [0.4, 0.5) is 0 Å². The maximum atomic E-state index is 5.15. The van der Waals surface area contributed by atoms with E-state index in [4.69, 9.17) is 9.97 Å². The molecule has 4 heteroatoms. The van der Waals surface area contributed by atoms with Crippen molar-refractivity contribution in [2.45, 2.75) is 0 Å². The summed E-state index contributed by atoms with van der Waals surface area (Å²) in [4.78, 5) is 10.2. The Kier molecular flexibility index (Phi) is 7.46. The number of aromatic nitrogens is 4. The van der Waals surface area contributed by atoms with Crippen LogP contribution in [0.5, 0.6) is 0 Å². The molecule has 0 atom stereocenters. The summed E-state index contributed by atoms with van der Waals surface area (Å²) < 4.78 is 4.82. The minimum absolute atomic E-state index is 0.706. The van der Waals surface area contributed by atoms with Gasteiger partial charge in [-0.3, -0.25) is 0 Å². The van der Waals surface area contributed by atoms with E-state index < -0.39 is 0 Å². The van der Waals surface area contributed by atoms with E-state index in [2.05, 4.69) is 191 Å². The Balaban J connectivity index is 1.11. The Bertz CT molecular complexity index is 3160. The summed E-state index contributed by atoms with van der Waals surface area (Å²) in [5, 5.41) is 4.96. The van der Waals surface area contributed by atoms with Crippen molar-refractivity contribution in [3.05, 3.63) is 206 Å². The molecule has 56 heavy (non-hydrogen) atoms. The molecule has 0 N–H and O–H groups in total. The number of nitrogens with zero attached hydrogens (tertiary/aromatic N) is 4. The van der Waals surface area contributed by atoms with E-state index in [0.717, 1.165) is 50.5 Å². The van der Waals surface area contributed by atoms with Crippen molar-refractivity contribution in [1.29, 1.82) is 0 Å². The van der Waals surface area contributed by atoms with Gasteiger partial charge in [0.1, 0.15) is 0 Å². The van der Waals surface area contributed by atoms with Crippen LogP contribution in [0.15, 0.2) is 206 Å². The Morgan fingerprint density at radius 3 is 1.36 bits per heavy atom. The summed E-state index contributed by atoms with van der Waals surface area (Å²) in [5.41, 5.74) is 14.2. The molecule has 0 bridgehead atoms. The molecule has 0 unspecified atom stereocenters. The third-order valence-corrected chi connectivity index (χ3v) is 10.9. The van der Waals surface area contributed by atoms with Crippen LogP contribution >= 0.6 is 0 Å². The molecule has 262 valence electrons. The summed E-state index contributed by atoms with van der Waals surface area (Å²) in [6.07, 6.45) is 0. The topological polar surface area (TPSA) is 35.6 Å².